The summed E-state index contributed by atoms with van der Waals surface area (Å²) in [4.78, 5) is 19.5. The predicted molar refractivity (Wildman–Crippen MR) is 79.7 cm³/mol. The number of alkyl halides is 2. The second-order valence-electron chi connectivity index (χ2n) is 5.38. The number of pyridine rings is 1. The summed E-state index contributed by atoms with van der Waals surface area (Å²) in [6.07, 6.45) is -0.0391. The highest BCUT2D eigenvalue weighted by atomic mass is 32.1. The lowest BCUT2D eigenvalue weighted by Crippen LogP contribution is -2.55. The Morgan fingerprint density at radius 1 is 1.29 bits per heavy atom. The van der Waals surface area contributed by atoms with E-state index in [1.807, 2.05) is 0 Å². The van der Waals surface area contributed by atoms with Crippen molar-refractivity contribution in [3.05, 3.63) is 34.6 Å². The number of carbonyl (C=O) groups excluding carboxylic acids is 1. The molecule has 10 heteroatoms. The Bertz CT molecular complexity index is 775. The molecule has 2 heterocycles. The fourth-order valence-corrected chi connectivity index (χ4v) is 3.06. The number of thiazole rings is 1. The van der Waals surface area contributed by atoms with Gasteiger partial charge in [-0.3, -0.25) is 4.79 Å². The molecule has 1 saturated carbocycles. The highest BCUT2D eigenvalue weighted by Gasteiger charge is 2.49. The highest BCUT2D eigenvalue weighted by Crippen LogP contribution is 2.37. The molecule has 1 fully saturated rings. The van der Waals surface area contributed by atoms with Gasteiger partial charge in [-0.1, -0.05) is 0 Å². The van der Waals surface area contributed by atoms with Crippen LogP contribution in [-0.2, 0) is 0 Å². The van der Waals surface area contributed by atoms with Crippen molar-refractivity contribution in [1.82, 2.24) is 15.3 Å². The molecule has 24 heavy (non-hydrogen) atoms. The van der Waals surface area contributed by atoms with Gasteiger partial charge in [-0.2, -0.15) is 13.8 Å². The maximum absolute atomic E-state index is 13.2. The van der Waals surface area contributed by atoms with E-state index in [9.17, 15) is 22.4 Å². The number of nitrogens with one attached hydrogen (secondary N) is 2. The molecule has 2 N–H and O–H groups in total. The molecule has 1 unspecified atom stereocenters. The average Bonchev–Trinajstić information content (AvgIpc) is 2.83. The highest BCUT2D eigenvalue weighted by molar-refractivity contribution is 7.15. The number of nitrogens with zero attached hydrogens (tertiary/aromatic N) is 2. The minimum Gasteiger partial charge on any atom is -0.342 e. The lowest BCUT2D eigenvalue weighted by atomic mass is 9.88. The Hall–Kier alpha value is -2.23. The Balaban J connectivity index is 1.74. The van der Waals surface area contributed by atoms with Gasteiger partial charge in [0.1, 0.15) is 5.69 Å². The minimum absolute atomic E-state index is 0.000185. The van der Waals surface area contributed by atoms with Crippen molar-refractivity contribution in [2.75, 3.05) is 5.32 Å². The largest absolute Gasteiger partial charge is 0.342 e. The number of aryl methyl sites for hydroxylation is 1. The van der Waals surface area contributed by atoms with Crippen molar-refractivity contribution >= 4 is 28.1 Å². The molecule has 2 aromatic rings. The molecule has 0 radical (unpaired) electrons. The standard InChI is InChI=1S/C14H12F4N4OS/c1-6-11(12(23)20-8-2-3-14(8,17)18)22-13(24-6)19-7-4-9(15)21-10(16)5-7/h4-5,8H,2-3H2,1H3,(H,20,23)(H,19,21,22). The summed E-state index contributed by atoms with van der Waals surface area (Å²) in [6.45, 7) is 1.60. The number of amides is 1. The number of aromatic nitrogens is 2. The van der Waals surface area contributed by atoms with Crippen LogP contribution in [0.25, 0.3) is 0 Å². The molecular weight excluding hydrogens is 348 g/mol. The topological polar surface area (TPSA) is 66.9 Å². The van der Waals surface area contributed by atoms with Gasteiger partial charge in [0.15, 0.2) is 5.13 Å². The summed E-state index contributed by atoms with van der Waals surface area (Å²) >= 11 is 1.07. The molecule has 1 amide bonds. The Labute approximate surface area is 138 Å². The number of halogens is 4. The van der Waals surface area contributed by atoms with Gasteiger partial charge < -0.3 is 10.6 Å². The van der Waals surface area contributed by atoms with E-state index < -0.39 is 29.8 Å². The number of carbonyl (C=O) groups is 1. The van der Waals surface area contributed by atoms with Gasteiger partial charge in [-0.05, 0) is 13.3 Å². The van der Waals surface area contributed by atoms with Gasteiger partial charge in [0.2, 0.25) is 11.9 Å². The van der Waals surface area contributed by atoms with Gasteiger partial charge in [-0.15, -0.1) is 11.3 Å². The number of anilines is 2. The second kappa shape index (κ2) is 6.00. The summed E-state index contributed by atoms with van der Waals surface area (Å²) in [7, 11) is 0. The van der Waals surface area contributed by atoms with Crippen LogP contribution in [0.5, 0.6) is 0 Å². The van der Waals surface area contributed by atoms with Gasteiger partial charge in [0.25, 0.3) is 11.8 Å². The first-order valence-corrected chi connectivity index (χ1v) is 7.82. The molecule has 0 aromatic carbocycles. The first-order chi connectivity index (χ1) is 11.2. The van der Waals surface area contributed by atoms with Crippen LogP contribution >= 0.6 is 11.3 Å². The fraction of sp³-hybridized carbons (Fsp3) is 0.357. The van der Waals surface area contributed by atoms with E-state index in [2.05, 4.69) is 20.6 Å². The minimum atomic E-state index is -2.90. The quantitative estimate of drug-likeness (QED) is 0.648. The van der Waals surface area contributed by atoms with E-state index in [0.717, 1.165) is 23.5 Å². The van der Waals surface area contributed by atoms with Crippen molar-refractivity contribution in [2.45, 2.75) is 31.7 Å². The zero-order chi connectivity index (χ0) is 17.5. The molecule has 0 bridgehead atoms. The van der Waals surface area contributed by atoms with Crippen LogP contribution in [0.4, 0.5) is 28.4 Å². The lowest BCUT2D eigenvalue weighted by Gasteiger charge is -2.36. The molecule has 5 nitrogen and oxygen atoms in total. The predicted octanol–water partition coefficient (Wildman–Crippen LogP) is 3.40. The third kappa shape index (κ3) is 3.32. The summed E-state index contributed by atoms with van der Waals surface area (Å²) in [5.74, 6) is -5.60. The summed E-state index contributed by atoms with van der Waals surface area (Å²) in [6, 6.07) is 0.744. The maximum atomic E-state index is 13.2. The average molecular weight is 360 g/mol. The third-order valence-electron chi connectivity index (χ3n) is 3.61. The maximum Gasteiger partial charge on any atom is 0.271 e. The zero-order valence-corrected chi connectivity index (χ0v) is 13.2. The van der Waals surface area contributed by atoms with Crippen molar-refractivity contribution < 1.29 is 22.4 Å². The van der Waals surface area contributed by atoms with E-state index in [4.69, 9.17) is 0 Å². The molecule has 1 aliphatic carbocycles. The van der Waals surface area contributed by atoms with Crippen LogP contribution in [0.3, 0.4) is 0 Å². The normalized spacial score (nSPS) is 18.8. The van der Waals surface area contributed by atoms with Crippen molar-refractivity contribution in [2.24, 2.45) is 0 Å². The van der Waals surface area contributed by atoms with Crippen molar-refractivity contribution in [3.63, 3.8) is 0 Å². The fourth-order valence-electron chi connectivity index (χ4n) is 2.23. The van der Waals surface area contributed by atoms with Gasteiger partial charge in [0.05, 0.1) is 6.04 Å². The third-order valence-corrected chi connectivity index (χ3v) is 4.49. The molecular formula is C14H12F4N4OS. The van der Waals surface area contributed by atoms with Crippen LogP contribution in [-0.4, -0.2) is 27.8 Å². The molecule has 0 spiro atoms. The Kier molecular flexibility index (Phi) is 4.16. The molecule has 128 valence electrons. The van der Waals surface area contributed by atoms with E-state index in [1.165, 1.54) is 0 Å². The molecule has 2 aromatic heterocycles. The SMILES string of the molecule is Cc1sc(Nc2cc(F)nc(F)c2)nc1C(=O)NC1CCC1(F)F. The van der Waals surface area contributed by atoms with E-state index >= 15 is 0 Å². The first kappa shape index (κ1) is 16.6. The summed E-state index contributed by atoms with van der Waals surface area (Å²) < 4.78 is 52.6. The van der Waals surface area contributed by atoms with Crippen LogP contribution in [0.2, 0.25) is 0 Å². The van der Waals surface area contributed by atoms with Crippen molar-refractivity contribution in [1.29, 1.82) is 0 Å². The van der Waals surface area contributed by atoms with Crippen LogP contribution < -0.4 is 10.6 Å². The number of hydrogen-bond donors (Lipinski definition) is 2. The molecule has 1 aliphatic rings. The van der Waals surface area contributed by atoms with Gasteiger partial charge in [-0.25, -0.2) is 13.8 Å². The summed E-state index contributed by atoms with van der Waals surface area (Å²) in [5, 5.41) is 5.13. The van der Waals surface area contributed by atoms with Gasteiger partial charge >= 0.3 is 0 Å². The lowest BCUT2D eigenvalue weighted by molar-refractivity contribution is -0.102. The number of rotatable bonds is 4. The monoisotopic (exact) mass is 360 g/mol. The smallest absolute Gasteiger partial charge is 0.271 e. The molecule has 1 atom stereocenters. The van der Waals surface area contributed by atoms with Crippen LogP contribution in [0.15, 0.2) is 12.1 Å². The first-order valence-electron chi connectivity index (χ1n) is 7.01. The molecule has 0 aliphatic heterocycles. The van der Waals surface area contributed by atoms with Crippen LogP contribution in [0.1, 0.15) is 28.2 Å². The number of hydrogen-bond acceptors (Lipinski definition) is 5. The van der Waals surface area contributed by atoms with Crippen LogP contribution in [0, 0.1) is 18.8 Å². The Morgan fingerprint density at radius 2 is 1.96 bits per heavy atom. The molecule has 3 rings (SSSR count). The summed E-state index contributed by atoms with van der Waals surface area (Å²) in [5.41, 5.74) is 0.0754. The van der Waals surface area contributed by atoms with Gasteiger partial charge in [0, 0.05) is 29.1 Å². The van der Waals surface area contributed by atoms with E-state index in [1.54, 1.807) is 6.92 Å². The van der Waals surface area contributed by atoms with E-state index in [-0.39, 0.29) is 29.4 Å². The zero-order valence-electron chi connectivity index (χ0n) is 12.4. The van der Waals surface area contributed by atoms with E-state index in [0.29, 0.717) is 4.88 Å². The Morgan fingerprint density at radius 3 is 2.50 bits per heavy atom. The van der Waals surface area contributed by atoms with Crippen molar-refractivity contribution in [3.8, 4) is 0 Å². The second-order valence-corrected chi connectivity index (χ2v) is 6.58. The molecule has 0 saturated heterocycles.